The molecule has 0 radical (unpaired) electrons. The van der Waals surface area contributed by atoms with Crippen molar-refractivity contribution < 1.29 is 4.52 Å². The summed E-state index contributed by atoms with van der Waals surface area (Å²) in [5.41, 5.74) is 3.34. The van der Waals surface area contributed by atoms with Crippen molar-refractivity contribution >= 4 is 29.9 Å². The average molecular weight is 442 g/mol. The van der Waals surface area contributed by atoms with Crippen LogP contribution in [0.25, 0.3) is 0 Å². The van der Waals surface area contributed by atoms with E-state index in [4.69, 9.17) is 4.52 Å². The molecule has 6 heteroatoms. The molecule has 2 rings (SSSR count). The van der Waals surface area contributed by atoms with Crippen LogP contribution in [0.5, 0.6) is 0 Å². The molecule has 2 aromatic rings. The third-order valence-electron chi connectivity index (χ3n) is 3.83. The second-order valence-corrected chi connectivity index (χ2v) is 6.04. The van der Waals surface area contributed by atoms with Crippen LogP contribution in [0.1, 0.15) is 35.4 Å². The van der Waals surface area contributed by atoms with Crippen molar-refractivity contribution in [3.63, 3.8) is 0 Å². The fourth-order valence-electron chi connectivity index (χ4n) is 2.65. The van der Waals surface area contributed by atoms with Gasteiger partial charge >= 0.3 is 0 Å². The Morgan fingerprint density at radius 1 is 1.25 bits per heavy atom. The van der Waals surface area contributed by atoms with Gasteiger partial charge in [-0.2, -0.15) is 0 Å². The molecule has 0 saturated heterocycles. The molecule has 1 heterocycles. The van der Waals surface area contributed by atoms with E-state index in [0.717, 1.165) is 24.0 Å². The fraction of sp³-hybridized carbons (Fsp3) is 0.444. The molecule has 0 aliphatic carbocycles. The van der Waals surface area contributed by atoms with E-state index in [2.05, 4.69) is 34.5 Å². The molecule has 0 amide bonds. The van der Waals surface area contributed by atoms with E-state index in [-0.39, 0.29) is 24.0 Å². The molecule has 1 aromatic carbocycles. The molecular formula is C18H27IN4O. The molecule has 1 unspecified atom stereocenters. The number of benzene rings is 1. The zero-order valence-electron chi connectivity index (χ0n) is 15.0. The lowest BCUT2D eigenvalue weighted by molar-refractivity contribution is 0.391. The normalized spacial score (nSPS) is 12.5. The van der Waals surface area contributed by atoms with Gasteiger partial charge in [-0.25, -0.2) is 4.99 Å². The summed E-state index contributed by atoms with van der Waals surface area (Å²) in [4.78, 5) is 6.69. The summed E-state index contributed by atoms with van der Waals surface area (Å²) < 4.78 is 5.26. The van der Waals surface area contributed by atoms with E-state index in [1.54, 1.807) is 0 Å². The summed E-state index contributed by atoms with van der Waals surface area (Å²) in [5, 5.41) is 7.47. The molecule has 0 aliphatic heterocycles. The lowest BCUT2D eigenvalue weighted by Gasteiger charge is -2.20. The molecule has 0 saturated carbocycles. The predicted molar refractivity (Wildman–Crippen MR) is 109 cm³/mol. The summed E-state index contributed by atoms with van der Waals surface area (Å²) in [5.74, 6) is 2.08. The number of guanidine groups is 1. The molecule has 0 fully saturated rings. The van der Waals surface area contributed by atoms with Gasteiger partial charge in [0.2, 0.25) is 0 Å². The van der Waals surface area contributed by atoms with Crippen LogP contribution in [-0.2, 0) is 6.54 Å². The Hall–Kier alpha value is -1.57. The maximum absolute atomic E-state index is 5.26. The summed E-state index contributed by atoms with van der Waals surface area (Å²) in [6.45, 7) is 7.57. The summed E-state index contributed by atoms with van der Waals surface area (Å²) >= 11 is 0. The van der Waals surface area contributed by atoms with Crippen LogP contribution in [0.2, 0.25) is 0 Å². The highest BCUT2D eigenvalue weighted by Gasteiger charge is 2.17. The Kier molecular flexibility index (Phi) is 8.24. The van der Waals surface area contributed by atoms with Crippen molar-refractivity contribution in [3.05, 3.63) is 52.9 Å². The van der Waals surface area contributed by atoms with E-state index < -0.39 is 0 Å². The van der Waals surface area contributed by atoms with Gasteiger partial charge in [0.15, 0.2) is 5.96 Å². The Morgan fingerprint density at radius 2 is 1.92 bits per heavy atom. The number of hydrogen-bond acceptors (Lipinski definition) is 3. The first kappa shape index (κ1) is 20.5. The Morgan fingerprint density at radius 3 is 2.46 bits per heavy atom. The number of aryl methyl sites for hydroxylation is 2. The second kappa shape index (κ2) is 9.66. The molecule has 132 valence electrons. The van der Waals surface area contributed by atoms with Crippen LogP contribution < -0.4 is 5.32 Å². The number of rotatable bonds is 5. The Bertz CT molecular complexity index is 633. The number of hydrogen-bond donors (Lipinski definition) is 1. The van der Waals surface area contributed by atoms with Crippen LogP contribution >= 0.6 is 24.0 Å². The predicted octanol–water partition coefficient (Wildman–Crippen LogP) is 3.72. The van der Waals surface area contributed by atoms with Crippen LogP contribution in [0.3, 0.4) is 0 Å². The Balaban J connectivity index is 0.00000288. The topological polar surface area (TPSA) is 53.7 Å². The minimum atomic E-state index is 0. The van der Waals surface area contributed by atoms with Gasteiger partial charge in [-0.3, -0.25) is 0 Å². The number of nitrogens with zero attached hydrogens (tertiary/aromatic N) is 3. The van der Waals surface area contributed by atoms with Crippen LogP contribution in [0, 0.1) is 13.8 Å². The van der Waals surface area contributed by atoms with Crippen LogP contribution in [0.4, 0.5) is 0 Å². The number of nitrogens with one attached hydrogen (secondary N) is 1. The number of aliphatic imine (C=N–C) groups is 1. The monoisotopic (exact) mass is 442 g/mol. The highest BCUT2D eigenvalue weighted by Crippen LogP contribution is 2.22. The first-order valence-corrected chi connectivity index (χ1v) is 7.91. The van der Waals surface area contributed by atoms with Crippen molar-refractivity contribution in [1.82, 2.24) is 15.4 Å². The zero-order valence-corrected chi connectivity index (χ0v) is 17.4. The van der Waals surface area contributed by atoms with Gasteiger partial charge in [-0.15, -0.1) is 24.0 Å². The van der Waals surface area contributed by atoms with Crippen LogP contribution in [0.15, 0.2) is 39.8 Å². The van der Waals surface area contributed by atoms with Gasteiger partial charge in [0.25, 0.3) is 0 Å². The molecule has 1 N–H and O–H groups in total. The van der Waals surface area contributed by atoms with Gasteiger partial charge < -0.3 is 14.7 Å². The van der Waals surface area contributed by atoms with Gasteiger partial charge in [0.1, 0.15) is 5.76 Å². The number of halogens is 1. The molecule has 5 nitrogen and oxygen atoms in total. The molecule has 24 heavy (non-hydrogen) atoms. The lowest BCUT2D eigenvalue weighted by Crippen LogP contribution is -2.38. The third-order valence-corrected chi connectivity index (χ3v) is 3.83. The van der Waals surface area contributed by atoms with Gasteiger partial charge in [0, 0.05) is 32.1 Å². The van der Waals surface area contributed by atoms with E-state index in [1.807, 2.05) is 51.0 Å². The fourth-order valence-corrected chi connectivity index (χ4v) is 2.65. The van der Waals surface area contributed by atoms with Gasteiger partial charge in [-0.1, -0.05) is 42.4 Å². The minimum absolute atomic E-state index is 0. The van der Waals surface area contributed by atoms with Crippen molar-refractivity contribution in [1.29, 1.82) is 0 Å². The molecular weight excluding hydrogens is 415 g/mol. The largest absolute Gasteiger partial charge is 0.361 e. The maximum atomic E-state index is 5.26. The van der Waals surface area contributed by atoms with Crippen molar-refractivity contribution in [2.24, 2.45) is 4.99 Å². The highest BCUT2D eigenvalue weighted by molar-refractivity contribution is 14.0. The first-order chi connectivity index (χ1) is 11.0. The molecule has 0 bridgehead atoms. The Labute approximate surface area is 161 Å². The average Bonchev–Trinajstić information content (AvgIpc) is 2.86. The number of aromatic nitrogens is 1. The van der Waals surface area contributed by atoms with E-state index in [1.165, 1.54) is 11.1 Å². The summed E-state index contributed by atoms with van der Waals surface area (Å²) in [6.07, 6.45) is 0. The zero-order chi connectivity index (χ0) is 16.8. The standard InChI is InChI=1S/C18H26N4O.HI/c1-13(17-14(2)21-23-15(17)3)11-19-18(22(4)5)20-12-16-9-7-6-8-10-16;/h6-10,13H,11-12H2,1-5H3,(H,19,20);1H. The third kappa shape index (κ3) is 5.51. The SMILES string of the molecule is Cc1noc(C)c1C(C)CNC(=NCc1ccccc1)N(C)C.I. The lowest BCUT2D eigenvalue weighted by atomic mass is 10.00. The van der Waals surface area contributed by atoms with E-state index >= 15 is 0 Å². The smallest absolute Gasteiger partial charge is 0.193 e. The van der Waals surface area contributed by atoms with Crippen LogP contribution in [-0.4, -0.2) is 36.7 Å². The highest BCUT2D eigenvalue weighted by atomic mass is 127. The van der Waals surface area contributed by atoms with Crippen molar-refractivity contribution in [2.75, 3.05) is 20.6 Å². The summed E-state index contributed by atoms with van der Waals surface area (Å²) in [6, 6.07) is 10.3. The minimum Gasteiger partial charge on any atom is -0.361 e. The van der Waals surface area contributed by atoms with Gasteiger partial charge in [0.05, 0.1) is 12.2 Å². The van der Waals surface area contributed by atoms with E-state index in [9.17, 15) is 0 Å². The van der Waals surface area contributed by atoms with Gasteiger partial charge in [-0.05, 0) is 19.4 Å². The van der Waals surface area contributed by atoms with E-state index in [0.29, 0.717) is 12.5 Å². The molecule has 0 spiro atoms. The maximum Gasteiger partial charge on any atom is 0.193 e. The quantitative estimate of drug-likeness (QED) is 0.436. The molecule has 1 atom stereocenters. The van der Waals surface area contributed by atoms with Crippen molar-refractivity contribution in [2.45, 2.75) is 33.2 Å². The summed E-state index contributed by atoms with van der Waals surface area (Å²) in [7, 11) is 3.99. The molecule has 1 aromatic heterocycles. The second-order valence-electron chi connectivity index (χ2n) is 6.04. The first-order valence-electron chi connectivity index (χ1n) is 7.91. The van der Waals surface area contributed by atoms with Crippen molar-refractivity contribution in [3.8, 4) is 0 Å². The molecule has 0 aliphatic rings.